The molecule has 3 aromatic rings. The van der Waals surface area contributed by atoms with Gasteiger partial charge >= 0.3 is 0 Å². The summed E-state index contributed by atoms with van der Waals surface area (Å²) in [4.78, 5) is 14.8. The zero-order valence-electron chi connectivity index (χ0n) is 11.6. The van der Waals surface area contributed by atoms with Crippen molar-refractivity contribution in [1.82, 2.24) is 9.55 Å². The van der Waals surface area contributed by atoms with Crippen molar-refractivity contribution < 1.29 is 10.0 Å². The number of nitro groups is 1. The number of nitro benzene ring substituents is 1. The van der Waals surface area contributed by atoms with Gasteiger partial charge in [-0.3, -0.25) is 10.1 Å². The minimum Gasteiger partial charge on any atom is -0.508 e. The van der Waals surface area contributed by atoms with Crippen molar-refractivity contribution in [3.8, 4) is 17.1 Å². The van der Waals surface area contributed by atoms with Crippen LogP contribution in [0.3, 0.4) is 0 Å². The Morgan fingerprint density at radius 3 is 2.68 bits per heavy atom. The lowest BCUT2D eigenvalue weighted by molar-refractivity contribution is -0.384. The van der Waals surface area contributed by atoms with Crippen LogP contribution in [0.5, 0.6) is 5.75 Å². The first kappa shape index (κ1) is 13.8. The maximum Gasteiger partial charge on any atom is 0.269 e. The Hall–Kier alpha value is -3.15. The second-order valence-electron chi connectivity index (χ2n) is 4.85. The lowest BCUT2D eigenvalue weighted by Crippen LogP contribution is -2.01. The molecule has 0 saturated carbocycles. The van der Waals surface area contributed by atoms with E-state index in [4.69, 9.17) is 0 Å². The normalized spacial score (nSPS) is 10.5. The molecule has 0 spiro atoms. The molecule has 0 radical (unpaired) electrons. The largest absolute Gasteiger partial charge is 0.508 e. The number of imidazole rings is 1. The van der Waals surface area contributed by atoms with Crippen molar-refractivity contribution in [2.45, 2.75) is 6.54 Å². The molecule has 1 aromatic heterocycles. The van der Waals surface area contributed by atoms with Gasteiger partial charge in [-0.2, -0.15) is 0 Å². The van der Waals surface area contributed by atoms with E-state index in [0.717, 1.165) is 17.0 Å². The highest BCUT2D eigenvalue weighted by Crippen LogP contribution is 2.22. The van der Waals surface area contributed by atoms with Crippen molar-refractivity contribution in [1.29, 1.82) is 0 Å². The third kappa shape index (κ3) is 2.80. The molecule has 1 N–H and O–H groups in total. The average Bonchev–Trinajstić information content (AvgIpc) is 2.96. The van der Waals surface area contributed by atoms with Crippen LogP contribution in [0.15, 0.2) is 60.9 Å². The Balaban J connectivity index is 1.91. The van der Waals surface area contributed by atoms with Crippen molar-refractivity contribution in [3.05, 3.63) is 76.6 Å². The quantitative estimate of drug-likeness (QED) is 0.592. The van der Waals surface area contributed by atoms with Gasteiger partial charge in [0.2, 0.25) is 0 Å². The van der Waals surface area contributed by atoms with Crippen LogP contribution in [-0.2, 0) is 6.54 Å². The smallest absolute Gasteiger partial charge is 0.269 e. The lowest BCUT2D eigenvalue weighted by Gasteiger charge is -2.08. The number of hydrogen-bond donors (Lipinski definition) is 1. The summed E-state index contributed by atoms with van der Waals surface area (Å²) in [6.45, 7) is 0.484. The molecule has 110 valence electrons. The first-order valence-corrected chi connectivity index (χ1v) is 6.67. The monoisotopic (exact) mass is 295 g/mol. The van der Waals surface area contributed by atoms with Gasteiger partial charge in [-0.1, -0.05) is 12.1 Å². The molecule has 0 saturated heterocycles. The molecule has 0 amide bonds. The van der Waals surface area contributed by atoms with Gasteiger partial charge in [0.1, 0.15) is 11.6 Å². The van der Waals surface area contributed by atoms with Gasteiger partial charge < -0.3 is 9.67 Å². The van der Waals surface area contributed by atoms with Crippen LogP contribution >= 0.6 is 0 Å². The Labute approximate surface area is 126 Å². The molecule has 0 aliphatic carbocycles. The van der Waals surface area contributed by atoms with Gasteiger partial charge in [0.05, 0.1) is 4.92 Å². The number of aromatic hydroxyl groups is 1. The van der Waals surface area contributed by atoms with Crippen LogP contribution in [-0.4, -0.2) is 19.6 Å². The van der Waals surface area contributed by atoms with Crippen molar-refractivity contribution in [2.24, 2.45) is 0 Å². The lowest BCUT2D eigenvalue weighted by atomic mass is 10.1. The third-order valence-electron chi connectivity index (χ3n) is 3.32. The fourth-order valence-electron chi connectivity index (χ4n) is 2.27. The van der Waals surface area contributed by atoms with Crippen molar-refractivity contribution >= 4 is 5.69 Å². The first-order chi connectivity index (χ1) is 10.6. The van der Waals surface area contributed by atoms with Crippen LogP contribution in [0.2, 0.25) is 0 Å². The molecular weight excluding hydrogens is 282 g/mol. The van der Waals surface area contributed by atoms with Crippen molar-refractivity contribution in [3.63, 3.8) is 0 Å². The second-order valence-corrected chi connectivity index (χ2v) is 4.85. The van der Waals surface area contributed by atoms with E-state index in [1.807, 2.05) is 16.8 Å². The Kier molecular flexibility index (Phi) is 3.57. The van der Waals surface area contributed by atoms with Gasteiger partial charge in [0.15, 0.2) is 0 Å². The summed E-state index contributed by atoms with van der Waals surface area (Å²) in [6.07, 6.45) is 3.50. The van der Waals surface area contributed by atoms with Gasteiger partial charge in [0.25, 0.3) is 5.69 Å². The molecule has 3 rings (SSSR count). The number of benzene rings is 2. The minimum atomic E-state index is -0.404. The van der Waals surface area contributed by atoms with E-state index in [9.17, 15) is 15.2 Å². The zero-order chi connectivity index (χ0) is 15.5. The highest BCUT2D eigenvalue weighted by molar-refractivity contribution is 5.57. The number of nitrogens with zero attached hydrogens (tertiary/aromatic N) is 3. The maximum absolute atomic E-state index is 10.8. The summed E-state index contributed by atoms with van der Waals surface area (Å²) in [5.74, 6) is 0.937. The molecule has 0 unspecified atom stereocenters. The molecule has 6 heteroatoms. The second kappa shape index (κ2) is 5.69. The van der Waals surface area contributed by atoms with E-state index in [1.165, 1.54) is 6.07 Å². The van der Waals surface area contributed by atoms with Gasteiger partial charge in [-0.05, 0) is 29.8 Å². The Bertz CT molecular complexity index is 810. The summed E-state index contributed by atoms with van der Waals surface area (Å²) in [6, 6.07) is 13.3. The zero-order valence-corrected chi connectivity index (χ0v) is 11.6. The highest BCUT2D eigenvalue weighted by atomic mass is 16.6. The van der Waals surface area contributed by atoms with Gasteiger partial charge in [-0.25, -0.2) is 4.98 Å². The summed E-state index contributed by atoms with van der Waals surface area (Å²) in [5.41, 5.74) is 1.77. The van der Waals surface area contributed by atoms with Crippen LogP contribution in [0, 0.1) is 10.1 Å². The summed E-state index contributed by atoms with van der Waals surface area (Å²) in [7, 11) is 0. The molecule has 1 heterocycles. The molecule has 0 bridgehead atoms. The molecule has 22 heavy (non-hydrogen) atoms. The van der Waals surface area contributed by atoms with Crippen LogP contribution in [0.25, 0.3) is 11.4 Å². The van der Waals surface area contributed by atoms with Crippen molar-refractivity contribution in [2.75, 3.05) is 0 Å². The number of non-ortho nitro benzene ring substituents is 1. The molecule has 0 fully saturated rings. The van der Waals surface area contributed by atoms with Crippen LogP contribution in [0.1, 0.15) is 5.56 Å². The van der Waals surface area contributed by atoms with Gasteiger partial charge in [-0.15, -0.1) is 0 Å². The molecular formula is C16H13N3O3. The van der Waals surface area contributed by atoms with E-state index in [1.54, 1.807) is 42.6 Å². The van der Waals surface area contributed by atoms with Crippen LogP contribution in [0.4, 0.5) is 5.69 Å². The topological polar surface area (TPSA) is 81.2 Å². The predicted molar refractivity (Wildman–Crippen MR) is 81.5 cm³/mol. The summed E-state index contributed by atoms with van der Waals surface area (Å²) in [5, 5.41) is 20.2. The number of aromatic nitrogens is 2. The van der Waals surface area contributed by atoms with E-state index in [0.29, 0.717) is 6.54 Å². The predicted octanol–water partition coefficient (Wildman–Crippen LogP) is 3.21. The first-order valence-electron chi connectivity index (χ1n) is 6.67. The maximum atomic E-state index is 10.8. The van der Waals surface area contributed by atoms with Crippen LogP contribution < -0.4 is 0 Å². The molecule has 6 nitrogen and oxygen atoms in total. The Morgan fingerprint density at radius 2 is 1.95 bits per heavy atom. The Morgan fingerprint density at radius 1 is 1.18 bits per heavy atom. The number of hydrogen-bond acceptors (Lipinski definition) is 4. The van der Waals surface area contributed by atoms with E-state index in [2.05, 4.69) is 4.98 Å². The fraction of sp³-hybridized carbons (Fsp3) is 0.0625. The summed E-state index contributed by atoms with van der Waals surface area (Å²) < 4.78 is 1.91. The molecule has 0 aliphatic rings. The molecule has 0 aliphatic heterocycles. The SMILES string of the molecule is O=[N+]([O-])c1cccc(Cn2ccnc2-c2ccc(O)cc2)c1. The minimum absolute atomic E-state index is 0.0730. The standard InChI is InChI=1S/C16H13N3O3/c20-15-6-4-13(5-7-15)16-17-8-9-18(16)11-12-2-1-3-14(10-12)19(21)22/h1-10,20H,11H2. The van der Waals surface area contributed by atoms with E-state index >= 15 is 0 Å². The number of phenolic OH excluding ortho intramolecular Hbond substituents is 1. The number of phenols is 1. The molecule has 0 atom stereocenters. The van der Waals surface area contributed by atoms with Gasteiger partial charge in [0, 0.05) is 36.6 Å². The van der Waals surface area contributed by atoms with E-state index in [-0.39, 0.29) is 11.4 Å². The average molecular weight is 295 g/mol. The fourth-order valence-corrected chi connectivity index (χ4v) is 2.27. The number of rotatable bonds is 4. The van der Waals surface area contributed by atoms with E-state index < -0.39 is 4.92 Å². The third-order valence-corrected chi connectivity index (χ3v) is 3.32. The summed E-state index contributed by atoms with van der Waals surface area (Å²) >= 11 is 0. The highest BCUT2D eigenvalue weighted by Gasteiger charge is 2.09. The molecule has 2 aromatic carbocycles.